The van der Waals surface area contributed by atoms with Crippen molar-refractivity contribution in [3.8, 4) is 0 Å². The van der Waals surface area contributed by atoms with Crippen LogP contribution in [0.2, 0.25) is 0 Å². The van der Waals surface area contributed by atoms with E-state index in [0.29, 0.717) is 6.54 Å². The van der Waals surface area contributed by atoms with E-state index < -0.39 is 5.41 Å². The quantitative estimate of drug-likeness (QED) is 0.667. The average molecular weight is 364 g/mol. The molecular formula is C23H25FN2O. The highest BCUT2D eigenvalue weighted by Gasteiger charge is 2.41. The van der Waals surface area contributed by atoms with Gasteiger partial charge in [-0.25, -0.2) is 4.39 Å². The fraction of sp³-hybridized carbons (Fsp3) is 0.348. The summed E-state index contributed by atoms with van der Waals surface area (Å²) in [4.78, 5) is 16.5. The predicted molar refractivity (Wildman–Crippen MR) is 106 cm³/mol. The highest BCUT2D eigenvalue weighted by atomic mass is 19.1. The van der Waals surface area contributed by atoms with Gasteiger partial charge in [0.05, 0.1) is 5.41 Å². The van der Waals surface area contributed by atoms with Crippen molar-refractivity contribution in [2.24, 2.45) is 0 Å². The molecule has 2 N–H and O–H groups in total. The first kappa shape index (κ1) is 17.8. The van der Waals surface area contributed by atoms with Gasteiger partial charge in [-0.1, -0.05) is 49.6 Å². The first-order valence-electron chi connectivity index (χ1n) is 9.78. The van der Waals surface area contributed by atoms with E-state index in [-0.39, 0.29) is 11.7 Å². The Labute approximate surface area is 159 Å². The van der Waals surface area contributed by atoms with E-state index in [2.05, 4.69) is 22.4 Å². The molecule has 2 aromatic carbocycles. The second-order valence-corrected chi connectivity index (χ2v) is 7.52. The Balaban J connectivity index is 1.49. The third-order valence-corrected chi connectivity index (χ3v) is 5.87. The van der Waals surface area contributed by atoms with Crippen LogP contribution in [-0.2, 0) is 16.6 Å². The standard InChI is InChI=1S/C23H25FN2O/c24-19-8-6-7-18(15-19)23(12-4-1-5-13-23)22(27)25-14-11-17-16-26-21-10-3-2-9-20(17)21/h2-3,6-10,15-16,26H,1,4-5,11-14H2,(H,25,27). The number of carbonyl (C=O) groups excluding carboxylic acids is 1. The molecule has 3 aromatic rings. The van der Waals surface area contributed by atoms with E-state index in [1.165, 1.54) is 23.1 Å². The van der Waals surface area contributed by atoms with Gasteiger partial charge in [0.15, 0.2) is 0 Å². The molecule has 1 aliphatic carbocycles. The lowest BCUT2D eigenvalue weighted by Crippen LogP contribution is -2.46. The zero-order chi connectivity index (χ0) is 18.7. The minimum absolute atomic E-state index is 0.0349. The summed E-state index contributed by atoms with van der Waals surface area (Å²) in [7, 11) is 0. The number of fused-ring (bicyclic) bond motifs is 1. The highest BCUT2D eigenvalue weighted by molar-refractivity contribution is 5.88. The Kier molecular flexibility index (Phi) is 4.97. The second-order valence-electron chi connectivity index (χ2n) is 7.52. The number of H-pyrrole nitrogens is 1. The van der Waals surface area contributed by atoms with Crippen LogP contribution >= 0.6 is 0 Å². The molecule has 1 saturated carbocycles. The monoisotopic (exact) mass is 364 g/mol. The molecule has 0 radical (unpaired) electrons. The van der Waals surface area contributed by atoms with Crippen molar-refractivity contribution < 1.29 is 9.18 Å². The van der Waals surface area contributed by atoms with Crippen molar-refractivity contribution in [2.45, 2.75) is 43.9 Å². The van der Waals surface area contributed by atoms with E-state index in [9.17, 15) is 9.18 Å². The van der Waals surface area contributed by atoms with Crippen LogP contribution in [-0.4, -0.2) is 17.4 Å². The van der Waals surface area contributed by atoms with Crippen molar-refractivity contribution in [1.82, 2.24) is 10.3 Å². The zero-order valence-electron chi connectivity index (χ0n) is 15.4. The van der Waals surface area contributed by atoms with E-state index in [0.717, 1.165) is 49.6 Å². The van der Waals surface area contributed by atoms with Crippen molar-refractivity contribution in [3.05, 3.63) is 71.7 Å². The van der Waals surface area contributed by atoms with Crippen LogP contribution < -0.4 is 5.32 Å². The largest absolute Gasteiger partial charge is 0.361 e. The Morgan fingerprint density at radius 2 is 1.89 bits per heavy atom. The molecule has 1 heterocycles. The normalized spacial score (nSPS) is 16.3. The first-order chi connectivity index (χ1) is 13.2. The van der Waals surface area contributed by atoms with Gasteiger partial charge < -0.3 is 10.3 Å². The van der Waals surface area contributed by atoms with Crippen LogP contribution in [0.25, 0.3) is 10.9 Å². The van der Waals surface area contributed by atoms with E-state index >= 15 is 0 Å². The molecule has 0 saturated heterocycles. The number of nitrogens with one attached hydrogen (secondary N) is 2. The highest BCUT2D eigenvalue weighted by Crippen LogP contribution is 2.40. The molecule has 4 heteroatoms. The minimum Gasteiger partial charge on any atom is -0.361 e. The van der Waals surface area contributed by atoms with Gasteiger partial charge in [0.2, 0.25) is 5.91 Å². The van der Waals surface area contributed by atoms with E-state index in [1.54, 1.807) is 6.07 Å². The maximum absolute atomic E-state index is 13.8. The lowest BCUT2D eigenvalue weighted by Gasteiger charge is -2.36. The number of carbonyl (C=O) groups is 1. The maximum Gasteiger partial charge on any atom is 0.230 e. The number of benzene rings is 2. The molecule has 27 heavy (non-hydrogen) atoms. The Morgan fingerprint density at radius 1 is 1.07 bits per heavy atom. The van der Waals surface area contributed by atoms with Crippen LogP contribution in [0.4, 0.5) is 4.39 Å². The average Bonchev–Trinajstić information content (AvgIpc) is 3.12. The van der Waals surface area contributed by atoms with Crippen LogP contribution in [0.3, 0.4) is 0 Å². The van der Waals surface area contributed by atoms with Crippen LogP contribution in [0, 0.1) is 5.82 Å². The third kappa shape index (κ3) is 3.48. The second kappa shape index (κ2) is 7.55. The van der Waals surface area contributed by atoms with Gasteiger partial charge in [-0.2, -0.15) is 0 Å². The molecule has 0 unspecified atom stereocenters. The number of aromatic nitrogens is 1. The predicted octanol–water partition coefficient (Wildman–Crippen LogP) is 4.87. The lowest BCUT2D eigenvalue weighted by atomic mass is 9.68. The number of aromatic amines is 1. The summed E-state index contributed by atoms with van der Waals surface area (Å²) in [5.74, 6) is -0.239. The molecule has 3 nitrogen and oxygen atoms in total. The molecule has 1 fully saturated rings. The van der Waals surface area contributed by atoms with Crippen LogP contribution in [0.1, 0.15) is 43.2 Å². The van der Waals surface area contributed by atoms with Gasteiger partial charge >= 0.3 is 0 Å². The maximum atomic E-state index is 13.8. The van der Waals surface area contributed by atoms with Gasteiger partial charge in [-0.15, -0.1) is 0 Å². The molecule has 0 aliphatic heterocycles. The summed E-state index contributed by atoms with van der Waals surface area (Å²) in [5.41, 5.74) is 2.53. The van der Waals surface area contributed by atoms with Crippen molar-refractivity contribution in [3.63, 3.8) is 0 Å². The number of hydrogen-bond donors (Lipinski definition) is 2. The van der Waals surface area contributed by atoms with E-state index in [1.807, 2.05) is 24.4 Å². The Hall–Kier alpha value is -2.62. The van der Waals surface area contributed by atoms with Gasteiger partial charge in [0.25, 0.3) is 0 Å². The molecule has 0 atom stereocenters. The van der Waals surface area contributed by atoms with Gasteiger partial charge in [0, 0.05) is 23.6 Å². The number of hydrogen-bond acceptors (Lipinski definition) is 1. The topological polar surface area (TPSA) is 44.9 Å². The fourth-order valence-corrected chi connectivity index (χ4v) is 4.41. The third-order valence-electron chi connectivity index (χ3n) is 5.87. The number of halogens is 1. The van der Waals surface area contributed by atoms with Gasteiger partial charge in [-0.05, 0) is 48.6 Å². The van der Waals surface area contributed by atoms with Gasteiger partial charge in [0.1, 0.15) is 5.82 Å². The summed E-state index contributed by atoms with van der Waals surface area (Å²) in [6, 6.07) is 14.8. The zero-order valence-corrected chi connectivity index (χ0v) is 15.4. The van der Waals surface area contributed by atoms with Crippen molar-refractivity contribution in [2.75, 3.05) is 6.54 Å². The summed E-state index contributed by atoms with van der Waals surface area (Å²) >= 11 is 0. The van der Waals surface area contributed by atoms with Gasteiger partial charge in [-0.3, -0.25) is 4.79 Å². The fourth-order valence-electron chi connectivity index (χ4n) is 4.41. The summed E-state index contributed by atoms with van der Waals surface area (Å²) < 4.78 is 13.8. The SMILES string of the molecule is O=C(NCCc1c[nH]c2ccccc12)C1(c2cccc(F)c2)CCCCC1. The minimum atomic E-state index is -0.597. The Bertz CT molecular complexity index is 940. The van der Waals surface area contributed by atoms with E-state index in [4.69, 9.17) is 0 Å². The summed E-state index contributed by atoms with van der Waals surface area (Å²) in [5, 5.41) is 4.34. The van der Waals surface area contributed by atoms with Crippen molar-refractivity contribution >= 4 is 16.8 Å². The molecule has 1 aliphatic rings. The molecule has 140 valence electrons. The molecule has 0 bridgehead atoms. The summed E-state index contributed by atoms with van der Waals surface area (Å²) in [6.07, 6.45) is 7.51. The lowest BCUT2D eigenvalue weighted by molar-refractivity contribution is -0.128. The van der Waals surface area contributed by atoms with Crippen LogP contribution in [0.15, 0.2) is 54.7 Å². The molecule has 1 aromatic heterocycles. The molecular weight excluding hydrogens is 339 g/mol. The first-order valence-corrected chi connectivity index (χ1v) is 9.78. The summed E-state index contributed by atoms with van der Waals surface area (Å²) in [6.45, 7) is 0.581. The smallest absolute Gasteiger partial charge is 0.230 e. The molecule has 1 amide bonds. The Morgan fingerprint density at radius 3 is 2.70 bits per heavy atom. The molecule has 0 spiro atoms. The number of amides is 1. The van der Waals surface area contributed by atoms with Crippen molar-refractivity contribution in [1.29, 1.82) is 0 Å². The van der Waals surface area contributed by atoms with Crippen LogP contribution in [0.5, 0.6) is 0 Å². The number of para-hydroxylation sites is 1. The molecule has 4 rings (SSSR count). The number of rotatable bonds is 5.